The Morgan fingerprint density at radius 3 is 2.27 bits per heavy atom. The fourth-order valence-corrected chi connectivity index (χ4v) is 4.53. The molecule has 0 saturated carbocycles. The molecule has 1 fully saturated rings. The number of nitro benzene ring substituents is 1. The lowest BCUT2D eigenvalue weighted by molar-refractivity contribution is -0.384. The van der Waals surface area contributed by atoms with Crippen LogP contribution in [0.4, 0.5) is 5.69 Å². The summed E-state index contributed by atoms with van der Waals surface area (Å²) in [5.74, 6) is 0.0970. The van der Waals surface area contributed by atoms with E-state index < -0.39 is 39.6 Å². The Kier molecular flexibility index (Phi) is 7.51. The zero-order valence-corrected chi connectivity index (χ0v) is 19.9. The number of ether oxygens (including phenoxy) is 2. The van der Waals surface area contributed by atoms with Gasteiger partial charge in [0, 0.05) is 18.1 Å². The van der Waals surface area contributed by atoms with E-state index in [9.17, 15) is 14.7 Å². The number of hydrogen-bond donors (Lipinski definition) is 2. The molecule has 0 aliphatic carbocycles. The number of nitro groups is 1. The summed E-state index contributed by atoms with van der Waals surface area (Å²) in [6.07, 6.45) is -2.02. The van der Waals surface area contributed by atoms with Gasteiger partial charge in [0.15, 0.2) is 8.32 Å². The van der Waals surface area contributed by atoms with Gasteiger partial charge in [-0.3, -0.25) is 14.6 Å². The van der Waals surface area contributed by atoms with E-state index in [0.29, 0.717) is 5.75 Å². The van der Waals surface area contributed by atoms with Gasteiger partial charge in [0.05, 0.1) is 17.6 Å². The van der Waals surface area contributed by atoms with E-state index in [4.69, 9.17) is 23.7 Å². The molecule has 170 valence electrons. The third kappa shape index (κ3) is 6.33. The predicted molar refractivity (Wildman–Crippen MR) is 112 cm³/mol. The third-order valence-electron chi connectivity index (χ3n) is 5.57. The Hall–Kier alpha value is -1.33. The van der Waals surface area contributed by atoms with Gasteiger partial charge in [0.1, 0.15) is 11.9 Å². The van der Waals surface area contributed by atoms with E-state index in [1.54, 1.807) is 0 Å². The molecule has 1 aromatic rings. The summed E-state index contributed by atoms with van der Waals surface area (Å²) in [5.41, 5.74) is -0.0604. The van der Waals surface area contributed by atoms with Gasteiger partial charge in [0.2, 0.25) is 6.29 Å². The van der Waals surface area contributed by atoms with Crippen LogP contribution < -0.4 is 4.74 Å². The smallest absolute Gasteiger partial charge is 0.465 e. The highest BCUT2D eigenvalue weighted by Gasteiger charge is 2.49. The van der Waals surface area contributed by atoms with Crippen molar-refractivity contribution in [3.05, 3.63) is 34.4 Å². The summed E-state index contributed by atoms with van der Waals surface area (Å²) in [6, 6.07) is 5.59. The molecule has 1 aliphatic rings. The Balaban J connectivity index is 2.20. The first-order valence-corrected chi connectivity index (χ1v) is 14.0. The molecule has 12 heteroatoms. The van der Waals surface area contributed by atoms with Gasteiger partial charge in [0.25, 0.3) is 5.69 Å². The molecule has 0 amide bonds. The van der Waals surface area contributed by atoms with Crippen molar-refractivity contribution in [3.8, 4) is 5.75 Å². The number of rotatable bonds is 8. The number of phosphoric ester groups is 1. The lowest BCUT2D eigenvalue weighted by Gasteiger charge is -2.40. The highest BCUT2D eigenvalue weighted by Crippen LogP contribution is 2.43. The second-order valence-electron chi connectivity index (χ2n) is 8.90. The average molecular weight is 463 g/mol. The zero-order valence-electron chi connectivity index (χ0n) is 18.0. The molecule has 30 heavy (non-hydrogen) atoms. The first-order valence-electron chi connectivity index (χ1n) is 9.55. The summed E-state index contributed by atoms with van der Waals surface area (Å²) in [7, 11) is -6.91. The van der Waals surface area contributed by atoms with Crippen LogP contribution in [0.5, 0.6) is 5.75 Å². The molecule has 2 unspecified atom stereocenters. The lowest BCUT2D eigenvalue weighted by Crippen LogP contribution is -2.48. The summed E-state index contributed by atoms with van der Waals surface area (Å²) in [5, 5.41) is 10.7. The maximum atomic E-state index is 11.2. The number of benzene rings is 1. The van der Waals surface area contributed by atoms with Gasteiger partial charge >= 0.3 is 7.82 Å². The lowest BCUT2D eigenvalue weighted by atomic mass is 10.0. The van der Waals surface area contributed by atoms with Crippen LogP contribution in [0.3, 0.4) is 0 Å². The second-order valence-corrected chi connectivity index (χ2v) is 14.9. The molecular weight excluding hydrogens is 433 g/mol. The predicted octanol–water partition coefficient (Wildman–Crippen LogP) is 3.83. The van der Waals surface area contributed by atoms with Crippen LogP contribution in [-0.2, 0) is 18.3 Å². The minimum absolute atomic E-state index is 0.0604. The first-order chi connectivity index (χ1) is 13.6. The van der Waals surface area contributed by atoms with Gasteiger partial charge in [-0.15, -0.1) is 0 Å². The third-order valence-corrected chi connectivity index (χ3v) is 10.5. The van der Waals surface area contributed by atoms with Crippen molar-refractivity contribution in [3.63, 3.8) is 0 Å². The molecule has 1 heterocycles. The molecule has 0 bridgehead atoms. The molecule has 2 N–H and O–H groups in total. The summed E-state index contributed by atoms with van der Waals surface area (Å²) < 4.78 is 34.1. The molecular formula is C18H30NO9PSi. The van der Waals surface area contributed by atoms with E-state index in [1.807, 2.05) is 6.92 Å². The van der Waals surface area contributed by atoms with Gasteiger partial charge in [-0.05, 0) is 30.3 Å². The molecule has 1 aliphatic heterocycles. The van der Waals surface area contributed by atoms with Crippen LogP contribution >= 0.6 is 7.82 Å². The van der Waals surface area contributed by atoms with Crippen molar-refractivity contribution in [1.82, 2.24) is 0 Å². The summed E-state index contributed by atoms with van der Waals surface area (Å²) in [6.45, 7) is 11.9. The summed E-state index contributed by atoms with van der Waals surface area (Å²) in [4.78, 5) is 28.5. The van der Waals surface area contributed by atoms with Gasteiger partial charge < -0.3 is 23.7 Å². The van der Waals surface area contributed by atoms with Crippen LogP contribution in [-0.4, -0.2) is 48.1 Å². The van der Waals surface area contributed by atoms with Crippen LogP contribution in [0.2, 0.25) is 18.1 Å². The van der Waals surface area contributed by atoms with Crippen LogP contribution in [0.15, 0.2) is 24.3 Å². The van der Waals surface area contributed by atoms with Gasteiger partial charge in [-0.1, -0.05) is 27.7 Å². The fourth-order valence-electron chi connectivity index (χ4n) is 2.79. The number of non-ortho nitro benzene ring substituents is 1. The minimum Gasteiger partial charge on any atom is -0.465 e. The number of nitrogens with zero attached hydrogens (tertiary/aromatic N) is 1. The number of hydrogen-bond acceptors (Lipinski definition) is 7. The SMILES string of the molecule is C[C@H]1C(Oc2ccc([N+](=O)[O-])cc2)OC(COP(=O)(O)O)[C@H]1O[Si](C)(C)C(C)(C)C. The molecule has 0 spiro atoms. The van der Waals surface area contributed by atoms with Gasteiger partial charge in [-0.2, -0.15) is 0 Å². The molecule has 1 saturated heterocycles. The Morgan fingerprint density at radius 1 is 1.23 bits per heavy atom. The molecule has 1 aromatic carbocycles. The van der Waals surface area contributed by atoms with Crippen LogP contribution in [0.1, 0.15) is 27.7 Å². The highest BCUT2D eigenvalue weighted by atomic mass is 31.2. The molecule has 0 radical (unpaired) electrons. The van der Waals surface area contributed by atoms with Crippen LogP contribution in [0, 0.1) is 16.0 Å². The molecule has 2 rings (SSSR count). The molecule has 4 atom stereocenters. The highest BCUT2D eigenvalue weighted by molar-refractivity contribution is 7.46. The van der Waals surface area contributed by atoms with Crippen molar-refractivity contribution in [1.29, 1.82) is 0 Å². The van der Waals surface area contributed by atoms with Crippen molar-refractivity contribution in [2.45, 2.75) is 64.3 Å². The van der Waals surface area contributed by atoms with E-state index in [-0.39, 0.29) is 23.3 Å². The molecule has 10 nitrogen and oxygen atoms in total. The molecule has 0 aromatic heterocycles. The summed E-state index contributed by atoms with van der Waals surface area (Å²) >= 11 is 0. The van der Waals surface area contributed by atoms with E-state index in [0.717, 1.165) is 0 Å². The maximum absolute atomic E-state index is 11.2. The Morgan fingerprint density at radius 2 is 1.80 bits per heavy atom. The van der Waals surface area contributed by atoms with E-state index >= 15 is 0 Å². The van der Waals surface area contributed by atoms with E-state index in [1.165, 1.54) is 24.3 Å². The van der Waals surface area contributed by atoms with Crippen molar-refractivity contribution < 1.29 is 37.7 Å². The standard InChI is InChI=1S/C18H30NO9PSi/c1-12-16(28-30(5,6)18(2,3)4)15(11-25-29(22,23)24)27-17(12)26-14-9-7-13(8-10-14)19(20)21/h7-10,12,15-17H,11H2,1-6H3,(H2,22,23,24)/t12-,15?,16+,17?/m1/s1. The number of phosphoric acid groups is 1. The second kappa shape index (κ2) is 9.03. The van der Waals surface area contributed by atoms with Crippen molar-refractivity contribution in [2.24, 2.45) is 5.92 Å². The largest absolute Gasteiger partial charge is 0.469 e. The monoisotopic (exact) mass is 463 g/mol. The average Bonchev–Trinajstić information content (AvgIpc) is 2.87. The first kappa shape index (κ1) is 24.9. The quantitative estimate of drug-likeness (QED) is 0.255. The Labute approximate surface area is 177 Å². The van der Waals surface area contributed by atoms with Crippen molar-refractivity contribution >= 4 is 21.8 Å². The van der Waals surface area contributed by atoms with Crippen LogP contribution in [0.25, 0.3) is 0 Å². The van der Waals surface area contributed by atoms with Crippen molar-refractivity contribution in [2.75, 3.05) is 6.61 Å². The van der Waals surface area contributed by atoms with E-state index in [2.05, 4.69) is 38.4 Å². The maximum Gasteiger partial charge on any atom is 0.469 e. The topological polar surface area (TPSA) is 138 Å². The van der Waals surface area contributed by atoms with Gasteiger partial charge in [-0.25, -0.2) is 4.57 Å². The normalized spacial score (nSPS) is 25.3. The minimum atomic E-state index is -4.68. The zero-order chi connectivity index (χ0) is 22.9. The fraction of sp³-hybridized carbons (Fsp3) is 0.667. The Bertz CT molecular complexity index is 790.